The van der Waals surface area contributed by atoms with Gasteiger partial charge in [0.2, 0.25) is 5.95 Å². The molecule has 1 N–H and O–H groups in total. The van der Waals surface area contributed by atoms with E-state index in [4.69, 9.17) is 0 Å². The van der Waals surface area contributed by atoms with Gasteiger partial charge in [-0.25, -0.2) is 9.67 Å². The molecule has 150 valence electrons. The molecule has 0 atom stereocenters. The van der Waals surface area contributed by atoms with Crippen LogP contribution in [0.5, 0.6) is 0 Å². The van der Waals surface area contributed by atoms with E-state index < -0.39 is 4.92 Å². The van der Waals surface area contributed by atoms with Gasteiger partial charge in [-0.2, -0.15) is 15.2 Å². The van der Waals surface area contributed by atoms with Crippen molar-refractivity contribution in [2.75, 3.05) is 5.32 Å². The number of nitrogens with one attached hydrogen (secondary N) is 1. The zero-order valence-electron chi connectivity index (χ0n) is 16.1. The highest BCUT2D eigenvalue weighted by Gasteiger charge is 2.14. The van der Waals surface area contributed by atoms with E-state index in [2.05, 4.69) is 25.5 Å². The minimum absolute atomic E-state index is 0.0756. The first-order chi connectivity index (χ1) is 14.4. The Hall–Kier alpha value is -4.41. The number of carbonyl (C=O) groups is 1. The summed E-state index contributed by atoms with van der Waals surface area (Å²) in [5.74, 6) is 0.674. The van der Waals surface area contributed by atoms with Crippen molar-refractivity contribution in [1.29, 1.82) is 0 Å². The highest BCUT2D eigenvalue weighted by atomic mass is 16.6. The molecule has 0 spiro atoms. The van der Waals surface area contributed by atoms with Gasteiger partial charge in [-0.3, -0.25) is 19.6 Å². The molecule has 0 bridgehead atoms. The third-order valence-electron chi connectivity index (χ3n) is 4.36. The van der Waals surface area contributed by atoms with Crippen molar-refractivity contribution < 1.29 is 9.72 Å². The molecular weight excluding hydrogens is 388 g/mol. The molecule has 11 heteroatoms. The third kappa shape index (κ3) is 3.76. The average Bonchev–Trinajstić information content (AvgIpc) is 3.33. The van der Waals surface area contributed by atoms with E-state index in [1.807, 2.05) is 0 Å². The van der Waals surface area contributed by atoms with Gasteiger partial charge in [-0.1, -0.05) is 0 Å². The van der Waals surface area contributed by atoms with Gasteiger partial charge in [-0.15, -0.1) is 0 Å². The summed E-state index contributed by atoms with van der Waals surface area (Å²) in [7, 11) is 1.77. The highest BCUT2D eigenvalue weighted by Crippen LogP contribution is 2.29. The lowest BCUT2D eigenvalue weighted by molar-refractivity contribution is -0.384. The number of rotatable bonds is 6. The summed E-state index contributed by atoms with van der Waals surface area (Å²) >= 11 is 0. The third-order valence-corrected chi connectivity index (χ3v) is 4.36. The number of hydrogen-bond donors (Lipinski definition) is 1. The topological polar surface area (TPSA) is 134 Å². The first-order valence-electron chi connectivity index (χ1n) is 8.83. The zero-order valence-corrected chi connectivity index (χ0v) is 16.1. The van der Waals surface area contributed by atoms with Crippen molar-refractivity contribution in [3.05, 3.63) is 70.4 Å². The van der Waals surface area contributed by atoms with Crippen LogP contribution in [0, 0.1) is 17.0 Å². The monoisotopic (exact) mass is 404 g/mol. The van der Waals surface area contributed by atoms with E-state index in [0.29, 0.717) is 28.3 Å². The second kappa shape index (κ2) is 7.54. The van der Waals surface area contributed by atoms with Gasteiger partial charge in [0.1, 0.15) is 0 Å². The SMILES string of the molecule is Cc1nn(-c2ccnc(Nc3cc(-c4cnn(C)c4)cc([N+](=O)[O-])c3)n2)cc1C=O. The second-order valence-electron chi connectivity index (χ2n) is 6.52. The molecule has 0 saturated carbocycles. The van der Waals surface area contributed by atoms with Crippen LogP contribution in [0.15, 0.2) is 49.1 Å². The largest absolute Gasteiger partial charge is 0.324 e. The number of benzene rings is 1. The van der Waals surface area contributed by atoms with E-state index in [0.717, 1.165) is 11.8 Å². The van der Waals surface area contributed by atoms with E-state index >= 15 is 0 Å². The quantitative estimate of drug-likeness (QED) is 0.294. The van der Waals surface area contributed by atoms with Crippen molar-refractivity contribution in [1.82, 2.24) is 29.5 Å². The van der Waals surface area contributed by atoms with Crippen LogP contribution in [0.25, 0.3) is 16.9 Å². The molecule has 0 aliphatic heterocycles. The number of aromatic nitrogens is 6. The molecule has 4 rings (SSSR count). The van der Waals surface area contributed by atoms with Crippen LogP contribution in [-0.2, 0) is 7.05 Å². The van der Waals surface area contributed by atoms with Gasteiger partial charge >= 0.3 is 0 Å². The molecule has 0 unspecified atom stereocenters. The molecule has 0 saturated heterocycles. The Morgan fingerprint density at radius 3 is 2.70 bits per heavy atom. The minimum atomic E-state index is -0.462. The lowest BCUT2D eigenvalue weighted by Gasteiger charge is -2.08. The first kappa shape index (κ1) is 18.9. The van der Waals surface area contributed by atoms with Crippen molar-refractivity contribution in [3.63, 3.8) is 0 Å². The van der Waals surface area contributed by atoms with Crippen molar-refractivity contribution in [2.45, 2.75) is 6.92 Å². The summed E-state index contributed by atoms with van der Waals surface area (Å²) in [6, 6.07) is 6.27. The molecular formula is C19H16N8O3. The van der Waals surface area contributed by atoms with Crippen LogP contribution in [-0.4, -0.2) is 40.7 Å². The standard InChI is InChI=1S/C19H16N8O3/c1-12-15(11-28)10-26(24-12)18-3-4-20-19(23-18)22-16-5-13(6-17(7-16)27(29)30)14-8-21-25(2)9-14/h3-11H,1-2H3,(H,20,22,23). The van der Waals surface area contributed by atoms with Crippen molar-refractivity contribution >= 4 is 23.6 Å². The Balaban J connectivity index is 1.69. The minimum Gasteiger partial charge on any atom is -0.324 e. The van der Waals surface area contributed by atoms with Gasteiger partial charge in [0, 0.05) is 55.1 Å². The summed E-state index contributed by atoms with van der Waals surface area (Å²) < 4.78 is 3.09. The van der Waals surface area contributed by atoms with E-state index in [-0.39, 0.29) is 11.6 Å². The maximum atomic E-state index is 11.4. The number of anilines is 2. The van der Waals surface area contributed by atoms with Crippen LogP contribution in [0.4, 0.5) is 17.3 Å². The smallest absolute Gasteiger partial charge is 0.272 e. The molecule has 0 aliphatic carbocycles. The molecule has 3 aromatic heterocycles. The van der Waals surface area contributed by atoms with E-state index in [1.165, 1.54) is 23.0 Å². The summed E-state index contributed by atoms with van der Waals surface area (Å²) in [4.78, 5) is 30.5. The maximum Gasteiger partial charge on any atom is 0.272 e. The van der Waals surface area contributed by atoms with Gasteiger partial charge in [-0.05, 0) is 18.6 Å². The first-order valence-corrected chi connectivity index (χ1v) is 8.83. The molecule has 0 amide bonds. The van der Waals surface area contributed by atoms with E-state index in [1.54, 1.807) is 49.4 Å². The fourth-order valence-electron chi connectivity index (χ4n) is 2.90. The summed E-state index contributed by atoms with van der Waals surface area (Å²) in [6.45, 7) is 1.73. The van der Waals surface area contributed by atoms with Gasteiger partial charge in [0.05, 0.1) is 22.4 Å². The number of carbonyl (C=O) groups excluding carboxylic acids is 1. The molecule has 3 heterocycles. The lowest BCUT2D eigenvalue weighted by Crippen LogP contribution is -2.03. The Bertz CT molecular complexity index is 1260. The molecule has 30 heavy (non-hydrogen) atoms. The van der Waals surface area contributed by atoms with Crippen LogP contribution in [0.2, 0.25) is 0 Å². The second-order valence-corrected chi connectivity index (χ2v) is 6.52. The number of non-ortho nitro benzene ring substituents is 1. The number of nitrogens with zero attached hydrogens (tertiary/aromatic N) is 7. The Morgan fingerprint density at radius 1 is 1.20 bits per heavy atom. The number of aryl methyl sites for hydroxylation is 2. The van der Waals surface area contributed by atoms with Crippen LogP contribution < -0.4 is 5.32 Å². The molecule has 4 aromatic rings. The number of hydrogen-bond acceptors (Lipinski definition) is 8. The molecule has 0 aliphatic rings. The molecule has 0 fully saturated rings. The average molecular weight is 404 g/mol. The predicted molar refractivity (Wildman–Crippen MR) is 108 cm³/mol. The summed E-state index contributed by atoms with van der Waals surface area (Å²) in [6.07, 6.45) is 7.22. The molecule has 1 aromatic carbocycles. The Labute approximate surface area is 170 Å². The fraction of sp³-hybridized carbons (Fsp3) is 0.105. The van der Waals surface area contributed by atoms with Crippen molar-refractivity contribution in [2.24, 2.45) is 7.05 Å². The van der Waals surface area contributed by atoms with Gasteiger partial charge < -0.3 is 5.32 Å². The Morgan fingerprint density at radius 2 is 2.03 bits per heavy atom. The Kier molecular flexibility index (Phi) is 4.76. The molecule has 0 radical (unpaired) electrons. The predicted octanol–water partition coefficient (Wildman–Crippen LogP) is 2.84. The lowest BCUT2D eigenvalue weighted by atomic mass is 10.1. The van der Waals surface area contributed by atoms with Crippen LogP contribution in [0.3, 0.4) is 0 Å². The zero-order chi connectivity index (χ0) is 21.3. The number of aldehydes is 1. The number of nitro groups is 1. The van der Waals surface area contributed by atoms with E-state index in [9.17, 15) is 14.9 Å². The molecule has 11 nitrogen and oxygen atoms in total. The normalized spacial score (nSPS) is 10.7. The highest BCUT2D eigenvalue weighted by molar-refractivity contribution is 5.76. The summed E-state index contributed by atoms with van der Waals surface area (Å²) in [5.41, 5.74) is 2.79. The van der Waals surface area contributed by atoms with Crippen LogP contribution >= 0.6 is 0 Å². The van der Waals surface area contributed by atoms with Crippen LogP contribution in [0.1, 0.15) is 16.1 Å². The fourth-order valence-corrected chi connectivity index (χ4v) is 2.90. The number of nitro benzene ring substituents is 1. The maximum absolute atomic E-state index is 11.4. The van der Waals surface area contributed by atoms with Gasteiger partial charge in [0.25, 0.3) is 5.69 Å². The van der Waals surface area contributed by atoms with Crippen molar-refractivity contribution in [3.8, 4) is 16.9 Å². The summed E-state index contributed by atoms with van der Waals surface area (Å²) in [5, 5.41) is 22.8. The van der Waals surface area contributed by atoms with Gasteiger partial charge in [0.15, 0.2) is 12.1 Å².